The van der Waals surface area contributed by atoms with Crippen LogP contribution in [-0.4, -0.2) is 34.6 Å². The van der Waals surface area contributed by atoms with Crippen molar-refractivity contribution in [1.82, 2.24) is 15.0 Å². The lowest BCUT2D eigenvalue weighted by atomic mass is 10.2. The first-order valence-electron chi connectivity index (χ1n) is 9.97. The third kappa shape index (κ3) is 5.49. The van der Waals surface area contributed by atoms with Crippen molar-refractivity contribution in [2.45, 2.75) is 16.1 Å². The molecule has 1 aliphatic heterocycles. The molecular formula is C22H25F3N6S. The van der Waals surface area contributed by atoms with Crippen molar-refractivity contribution in [3.05, 3.63) is 67.7 Å². The first kappa shape index (κ1) is 23.8. The summed E-state index contributed by atoms with van der Waals surface area (Å²) in [4.78, 5) is 14.1. The van der Waals surface area contributed by atoms with Crippen LogP contribution in [0.15, 0.2) is 71.9 Å². The largest absolute Gasteiger partial charge is 0.434 e. The normalized spacial score (nSPS) is 21.6. The number of hydrogen-bond acceptors (Lipinski definition) is 7. The van der Waals surface area contributed by atoms with Crippen molar-refractivity contribution in [1.29, 1.82) is 0 Å². The number of pyridine rings is 1. The van der Waals surface area contributed by atoms with Gasteiger partial charge in [0.15, 0.2) is 11.5 Å². The molecule has 4 rings (SSSR count). The second kappa shape index (κ2) is 10.2. The Morgan fingerprint density at radius 3 is 2.34 bits per heavy atom. The molecule has 2 aromatic heterocycles. The Hall–Kier alpha value is -2.85. The van der Waals surface area contributed by atoms with E-state index in [-0.39, 0.29) is 15.7 Å². The zero-order chi connectivity index (χ0) is 23.3. The molecular weight excluding hydrogens is 437 g/mol. The second-order valence-electron chi connectivity index (χ2n) is 7.36. The van der Waals surface area contributed by atoms with Crippen LogP contribution >= 0.6 is 11.8 Å². The van der Waals surface area contributed by atoms with Gasteiger partial charge in [0.2, 0.25) is 0 Å². The predicted octanol–water partition coefficient (Wildman–Crippen LogP) is 4.18. The molecule has 0 aromatic carbocycles. The van der Waals surface area contributed by atoms with Gasteiger partial charge in [0.1, 0.15) is 10.8 Å². The standard InChI is InChI=1S/C16H17F3N6S.C6H8/c17-16(18,19)13-11(2-1-3-22-13)26-15-14(21)24-12(5-23-15)25-6-9-8(4-20)10(9)7-25;1-3-5-6-4-2/h1-3,5,8-10H,4,6-7,20H2,(H2,21,24);3-6H,1-2H2/b;6-5-. The SMILES string of the molecule is C=C/C=C\C=C.NCC1C2CN(c3cnc(Sc4cccnc4C(F)(F)F)c(N)n3)CC12. The van der Waals surface area contributed by atoms with Crippen molar-refractivity contribution < 1.29 is 13.2 Å². The smallest absolute Gasteiger partial charge is 0.381 e. The fourth-order valence-electron chi connectivity index (χ4n) is 3.75. The van der Waals surface area contributed by atoms with Crippen molar-refractivity contribution in [2.75, 3.05) is 30.3 Å². The van der Waals surface area contributed by atoms with Crippen molar-refractivity contribution in [3.63, 3.8) is 0 Å². The van der Waals surface area contributed by atoms with E-state index in [9.17, 15) is 13.2 Å². The zero-order valence-corrected chi connectivity index (χ0v) is 18.2. The van der Waals surface area contributed by atoms with Crippen LogP contribution in [0.25, 0.3) is 0 Å². The number of hydrogen-bond donors (Lipinski definition) is 2. The average Bonchev–Trinajstić information content (AvgIpc) is 3.24. The van der Waals surface area contributed by atoms with Crippen LogP contribution in [0.1, 0.15) is 5.69 Å². The van der Waals surface area contributed by atoms with Gasteiger partial charge in [-0.3, -0.25) is 4.98 Å². The van der Waals surface area contributed by atoms with E-state index < -0.39 is 11.9 Å². The maximum Gasteiger partial charge on any atom is 0.434 e. The van der Waals surface area contributed by atoms with Gasteiger partial charge >= 0.3 is 6.18 Å². The number of halogens is 3. The maximum absolute atomic E-state index is 13.1. The second-order valence-corrected chi connectivity index (χ2v) is 8.39. The summed E-state index contributed by atoms with van der Waals surface area (Å²) in [6, 6.07) is 2.79. The zero-order valence-electron chi connectivity index (χ0n) is 17.4. The highest BCUT2D eigenvalue weighted by atomic mass is 32.2. The van der Waals surface area contributed by atoms with E-state index in [0.29, 0.717) is 30.1 Å². The molecule has 1 saturated heterocycles. The minimum atomic E-state index is -4.54. The minimum absolute atomic E-state index is 0.0537. The third-order valence-corrected chi connectivity index (χ3v) is 6.41. The van der Waals surface area contributed by atoms with Gasteiger partial charge in [-0.25, -0.2) is 9.97 Å². The number of rotatable bonds is 6. The number of nitrogen functional groups attached to an aromatic ring is 1. The van der Waals surface area contributed by atoms with Gasteiger partial charge < -0.3 is 16.4 Å². The number of allylic oxidation sites excluding steroid dienone is 4. The third-order valence-electron chi connectivity index (χ3n) is 5.35. The highest BCUT2D eigenvalue weighted by molar-refractivity contribution is 7.99. The number of piperidine rings is 1. The molecule has 4 N–H and O–H groups in total. The van der Waals surface area contributed by atoms with Crippen LogP contribution in [0.3, 0.4) is 0 Å². The van der Waals surface area contributed by atoms with Gasteiger partial charge in [-0.2, -0.15) is 13.2 Å². The molecule has 0 spiro atoms. The van der Waals surface area contributed by atoms with E-state index in [1.807, 2.05) is 12.2 Å². The molecule has 3 heterocycles. The summed E-state index contributed by atoms with van der Waals surface area (Å²) in [5.41, 5.74) is 10.7. The first-order chi connectivity index (χ1) is 15.3. The number of nitrogens with two attached hydrogens (primary N) is 2. The molecule has 10 heteroatoms. The molecule has 2 fully saturated rings. The molecule has 0 amide bonds. The van der Waals surface area contributed by atoms with Crippen molar-refractivity contribution in [2.24, 2.45) is 23.5 Å². The topological polar surface area (TPSA) is 94.0 Å². The lowest BCUT2D eigenvalue weighted by Crippen LogP contribution is -2.27. The quantitative estimate of drug-likeness (QED) is 0.622. The summed E-state index contributed by atoms with van der Waals surface area (Å²) in [5, 5.41) is 0.233. The molecule has 32 heavy (non-hydrogen) atoms. The molecule has 2 aromatic rings. The molecule has 2 aliphatic rings. The van der Waals surface area contributed by atoms with Crippen LogP contribution in [-0.2, 0) is 6.18 Å². The lowest BCUT2D eigenvalue weighted by Gasteiger charge is -2.21. The van der Waals surface area contributed by atoms with Gasteiger partial charge in [0.05, 0.1) is 6.20 Å². The summed E-state index contributed by atoms with van der Waals surface area (Å²) < 4.78 is 39.2. The first-order valence-corrected chi connectivity index (χ1v) is 10.8. The summed E-state index contributed by atoms with van der Waals surface area (Å²) in [6.07, 6.45) is 5.20. The van der Waals surface area contributed by atoms with Gasteiger partial charge in [0, 0.05) is 24.2 Å². The van der Waals surface area contributed by atoms with E-state index >= 15 is 0 Å². The molecule has 1 aliphatic carbocycles. The van der Waals surface area contributed by atoms with Crippen LogP contribution < -0.4 is 16.4 Å². The van der Waals surface area contributed by atoms with Crippen LogP contribution in [0.2, 0.25) is 0 Å². The summed E-state index contributed by atoms with van der Waals surface area (Å²) in [6.45, 7) is 9.37. The fraction of sp³-hybridized carbons (Fsp3) is 0.318. The van der Waals surface area contributed by atoms with Crippen LogP contribution in [0, 0.1) is 17.8 Å². The maximum atomic E-state index is 13.1. The summed E-state index contributed by atoms with van der Waals surface area (Å²) in [5.74, 6) is 2.55. The van der Waals surface area contributed by atoms with Crippen molar-refractivity contribution >= 4 is 23.4 Å². The predicted molar refractivity (Wildman–Crippen MR) is 121 cm³/mol. The average molecular weight is 463 g/mol. The van der Waals surface area contributed by atoms with Gasteiger partial charge in [-0.15, -0.1) is 0 Å². The Balaban J connectivity index is 0.000000427. The molecule has 6 nitrogen and oxygen atoms in total. The Morgan fingerprint density at radius 1 is 1.16 bits per heavy atom. The fourth-order valence-corrected chi connectivity index (χ4v) is 4.62. The van der Waals surface area contributed by atoms with E-state index in [1.165, 1.54) is 12.1 Å². The molecule has 170 valence electrons. The van der Waals surface area contributed by atoms with Gasteiger partial charge in [-0.05, 0) is 36.4 Å². The highest BCUT2D eigenvalue weighted by Gasteiger charge is 2.54. The monoisotopic (exact) mass is 462 g/mol. The minimum Gasteiger partial charge on any atom is -0.381 e. The summed E-state index contributed by atoms with van der Waals surface area (Å²) >= 11 is 0.816. The lowest BCUT2D eigenvalue weighted by molar-refractivity contribution is -0.143. The highest BCUT2D eigenvalue weighted by Crippen LogP contribution is 2.51. The molecule has 0 bridgehead atoms. The van der Waals surface area contributed by atoms with E-state index in [0.717, 1.165) is 31.0 Å². The number of anilines is 2. The molecule has 0 radical (unpaired) electrons. The Morgan fingerprint density at radius 2 is 1.81 bits per heavy atom. The van der Waals surface area contributed by atoms with Gasteiger partial charge in [-0.1, -0.05) is 49.2 Å². The summed E-state index contributed by atoms with van der Waals surface area (Å²) in [7, 11) is 0. The molecule has 1 saturated carbocycles. The molecule has 2 unspecified atom stereocenters. The van der Waals surface area contributed by atoms with Crippen LogP contribution in [0.4, 0.5) is 24.8 Å². The number of alkyl halides is 3. The number of fused-ring (bicyclic) bond motifs is 1. The Labute approximate surface area is 189 Å². The van der Waals surface area contributed by atoms with E-state index in [2.05, 4.69) is 33.0 Å². The van der Waals surface area contributed by atoms with Crippen LogP contribution in [0.5, 0.6) is 0 Å². The van der Waals surface area contributed by atoms with Crippen molar-refractivity contribution in [3.8, 4) is 0 Å². The van der Waals surface area contributed by atoms with E-state index in [1.54, 1.807) is 18.3 Å². The number of nitrogens with zero attached hydrogens (tertiary/aromatic N) is 4. The number of aromatic nitrogens is 3. The Bertz CT molecular complexity index is 972. The van der Waals surface area contributed by atoms with Gasteiger partial charge in [0.25, 0.3) is 0 Å². The molecule has 2 atom stereocenters. The Kier molecular flexibility index (Phi) is 7.57. The van der Waals surface area contributed by atoms with E-state index in [4.69, 9.17) is 11.5 Å².